The fraction of sp³-hybridized carbons (Fsp3) is 0.632. The van der Waals surface area contributed by atoms with Crippen LogP contribution >= 0.6 is 0 Å². The second-order valence-corrected chi connectivity index (χ2v) is 6.00. The van der Waals surface area contributed by atoms with Crippen molar-refractivity contribution < 1.29 is 9.53 Å². The summed E-state index contributed by atoms with van der Waals surface area (Å²) in [7, 11) is 0. The lowest BCUT2D eigenvalue weighted by Crippen LogP contribution is -2.46. The van der Waals surface area contributed by atoms with E-state index in [1.807, 2.05) is 31.7 Å². The maximum atomic E-state index is 12.3. The Morgan fingerprint density at radius 3 is 2.73 bits per heavy atom. The van der Waals surface area contributed by atoms with Crippen molar-refractivity contribution in [1.82, 2.24) is 4.90 Å². The lowest BCUT2D eigenvalue weighted by atomic mass is 9.89. The minimum atomic E-state index is -0.204. The molecule has 0 saturated carbocycles. The first kappa shape index (κ1) is 18.5. The Kier molecular flexibility index (Phi) is 8.00. The molecule has 1 aliphatic heterocycles. The summed E-state index contributed by atoms with van der Waals surface area (Å²) in [5.41, 5.74) is 2.15. The number of allylic oxidation sites excluding steroid dienone is 2. The Morgan fingerprint density at radius 2 is 2.14 bits per heavy atom. The number of piperidine rings is 1. The minimum Gasteiger partial charge on any atom is -0.445 e. The topological polar surface area (TPSA) is 29.5 Å². The van der Waals surface area contributed by atoms with E-state index in [1.165, 1.54) is 0 Å². The highest BCUT2D eigenvalue weighted by atomic mass is 16.6. The van der Waals surface area contributed by atoms with Crippen LogP contribution in [0.1, 0.15) is 53.4 Å². The zero-order valence-electron chi connectivity index (χ0n) is 14.6. The number of hydrogen-bond donors (Lipinski definition) is 0. The third kappa shape index (κ3) is 5.36. The lowest BCUT2D eigenvalue weighted by molar-refractivity contribution is 0.0786. The molecule has 2 atom stereocenters. The van der Waals surface area contributed by atoms with Crippen molar-refractivity contribution in [2.24, 2.45) is 5.92 Å². The fourth-order valence-electron chi connectivity index (χ4n) is 2.83. The Hall–Kier alpha value is -1.51. The van der Waals surface area contributed by atoms with Gasteiger partial charge in [0.05, 0.1) is 6.04 Å². The summed E-state index contributed by atoms with van der Waals surface area (Å²) in [4.78, 5) is 14.1. The molecule has 124 valence electrons. The van der Waals surface area contributed by atoms with Crippen LogP contribution in [-0.2, 0) is 4.74 Å². The van der Waals surface area contributed by atoms with Gasteiger partial charge < -0.3 is 9.64 Å². The summed E-state index contributed by atoms with van der Waals surface area (Å²) in [5, 5.41) is 0. The average molecular weight is 305 g/mol. The molecule has 0 aromatic heterocycles. The number of carbonyl (C=O) groups is 1. The predicted octanol–water partition coefficient (Wildman–Crippen LogP) is 5.10. The van der Waals surface area contributed by atoms with E-state index in [4.69, 9.17) is 4.74 Å². The number of hydrogen-bond acceptors (Lipinski definition) is 2. The minimum absolute atomic E-state index is 0.127. The second-order valence-electron chi connectivity index (χ2n) is 6.00. The van der Waals surface area contributed by atoms with E-state index in [1.54, 1.807) is 0 Å². The maximum absolute atomic E-state index is 12.3. The lowest BCUT2D eigenvalue weighted by Gasteiger charge is -2.38. The molecule has 3 nitrogen and oxygen atoms in total. The molecule has 0 aromatic rings. The van der Waals surface area contributed by atoms with Crippen LogP contribution in [0.2, 0.25) is 0 Å². The first-order valence-corrected chi connectivity index (χ1v) is 8.52. The summed E-state index contributed by atoms with van der Waals surface area (Å²) in [6, 6.07) is 0.127. The van der Waals surface area contributed by atoms with Crippen LogP contribution in [-0.4, -0.2) is 30.2 Å². The third-order valence-corrected chi connectivity index (χ3v) is 4.10. The van der Waals surface area contributed by atoms with Gasteiger partial charge in [0.1, 0.15) is 6.61 Å². The molecule has 0 aromatic carbocycles. The van der Waals surface area contributed by atoms with Crippen molar-refractivity contribution in [3.8, 4) is 0 Å². The van der Waals surface area contributed by atoms with Gasteiger partial charge in [0.2, 0.25) is 0 Å². The molecule has 0 bridgehead atoms. The smallest absolute Gasteiger partial charge is 0.410 e. The molecular formula is C19H31NO2. The summed E-state index contributed by atoms with van der Waals surface area (Å²) in [5.74, 6) is 0.643. The van der Waals surface area contributed by atoms with Crippen molar-refractivity contribution in [3.05, 3.63) is 36.0 Å². The van der Waals surface area contributed by atoms with Crippen LogP contribution in [0.5, 0.6) is 0 Å². The van der Waals surface area contributed by atoms with Crippen molar-refractivity contribution in [3.63, 3.8) is 0 Å². The number of rotatable bonds is 3. The first-order chi connectivity index (χ1) is 10.6. The van der Waals surface area contributed by atoms with Crippen LogP contribution in [0.15, 0.2) is 36.0 Å². The highest BCUT2D eigenvalue weighted by Crippen LogP contribution is 2.27. The van der Waals surface area contributed by atoms with Gasteiger partial charge in [-0.2, -0.15) is 0 Å². The number of ether oxygens (including phenoxy) is 1. The molecule has 0 radical (unpaired) electrons. The van der Waals surface area contributed by atoms with Gasteiger partial charge in [-0.3, -0.25) is 0 Å². The van der Waals surface area contributed by atoms with Gasteiger partial charge in [0.15, 0.2) is 0 Å². The Morgan fingerprint density at radius 1 is 1.41 bits per heavy atom. The number of carbonyl (C=O) groups excluding carboxylic acids is 1. The van der Waals surface area contributed by atoms with E-state index < -0.39 is 0 Å². The van der Waals surface area contributed by atoms with Crippen LogP contribution in [0.3, 0.4) is 0 Å². The van der Waals surface area contributed by atoms with E-state index in [-0.39, 0.29) is 12.1 Å². The van der Waals surface area contributed by atoms with Gasteiger partial charge in [0.25, 0.3) is 0 Å². The molecule has 1 unspecified atom stereocenters. The van der Waals surface area contributed by atoms with Gasteiger partial charge in [-0.15, -0.1) is 0 Å². The van der Waals surface area contributed by atoms with Crippen LogP contribution in [0, 0.1) is 5.92 Å². The quantitative estimate of drug-likeness (QED) is 0.679. The molecule has 22 heavy (non-hydrogen) atoms. The van der Waals surface area contributed by atoms with E-state index in [0.717, 1.165) is 43.4 Å². The van der Waals surface area contributed by atoms with Crippen LogP contribution in [0.25, 0.3) is 0 Å². The van der Waals surface area contributed by atoms with E-state index in [9.17, 15) is 4.79 Å². The monoisotopic (exact) mass is 305 g/mol. The van der Waals surface area contributed by atoms with Crippen molar-refractivity contribution in [1.29, 1.82) is 0 Å². The Labute approximate surface area is 135 Å². The first-order valence-electron chi connectivity index (χ1n) is 8.52. The molecular weight excluding hydrogens is 274 g/mol. The third-order valence-electron chi connectivity index (χ3n) is 4.10. The van der Waals surface area contributed by atoms with Gasteiger partial charge in [-0.1, -0.05) is 51.2 Å². The molecule has 1 heterocycles. The molecule has 0 N–H and O–H groups in total. The van der Waals surface area contributed by atoms with Crippen LogP contribution < -0.4 is 0 Å². The summed E-state index contributed by atoms with van der Waals surface area (Å²) < 4.78 is 5.46. The normalized spacial score (nSPS) is 24.0. The second kappa shape index (κ2) is 9.50. The average Bonchev–Trinajstić information content (AvgIpc) is 2.55. The van der Waals surface area contributed by atoms with Crippen LogP contribution in [0.4, 0.5) is 4.79 Å². The molecule has 2 aliphatic rings. The summed E-state index contributed by atoms with van der Waals surface area (Å²) in [6.07, 6.45) is 10.3. The van der Waals surface area contributed by atoms with Gasteiger partial charge in [-0.25, -0.2) is 4.79 Å². The largest absolute Gasteiger partial charge is 0.445 e. The molecule has 2 rings (SSSR count). The fourth-order valence-corrected chi connectivity index (χ4v) is 2.83. The predicted molar refractivity (Wildman–Crippen MR) is 92.9 cm³/mol. The molecule has 3 heteroatoms. The highest BCUT2D eigenvalue weighted by Gasteiger charge is 2.31. The Balaban J connectivity index is 0.00000116. The summed E-state index contributed by atoms with van der Waals surface area (Å²) in [6.45, 7) is 13.4. The molecule has 1 aliphatic carbocycles. The maximum Gasteiger partial charge on any atom is 0.410 e. The molecule has 1 amide bonds. The molecule has 0 spiro atoms. The number of amides is 1. The van der Waals surface area contributed by atoms with Crippen molar-refractivity contribution in [2.75, 3.05) is 13.2 Å². The molecule has 1 saturated heterocycles. The summed E-state index contributed by atoms with van der Waals surface area (Å²) >= 11 is 0. The molecule has 1 fully saturated rings. The number of nitrogens with zero attached hydrogens (tertiary/aromatic N) is 1. The van der Waals surface area contributed by atoms with Crippen molar-refractivity contribution >= 4 is 6.09 Å². The van der Waals surface area contributed by atoms with Gasteiger partial charge >= 0.3 is 6.09 Å². The van der Waals surface area contributed by atoms with Crippen molar-refractivity contribution in [2.45, 2.75) is 59.4 Å². The van der Waals surface area contributed by atoms with Gasteiger partial charge in [-0.05, 0) is 44.1 Å². The highest BCUT2D eigenvalue weighted by molar-refractivity contribution is 5.69. The SMILES string of the molecule is C=C(C)[C@@H]1CC(C)CCN1C(=O)OCC1=CCCC=C1.CC. The zero-order valence-corrected chi connectivity index (χ0v) is 14.6. The standard InChI is InChI=1S/C17H25NO2.C2H6/c1-13(2)16-11-14(3)9-10-18(16)17(19)20-12-15-7-5-4-6-8-15;1-2/h5,7-8,14,16H,1,4,6,9-12H2,2-3H3;1-2H3/t14?,16-;/m0./s1. The van der Waals surface area contributed by atoms with E-state index >= 15 is 0 Å². The van der Waals surface area contributed by atoms with Gasteiger partial charge in [0, 0.05) is 6.54 Å². The van der Waals surface area contributed by atoms with E-state index in [0.29, 0.717) is 12.5 Å². The number of likely N-dealkylation sites (tertiary alicyclic amines) is 1. The Bertz CT molecular complexity index is 437. The van der Waals surface area contributed by atoms with E-state index in [2.05, 4.69) is 25.7 Å². The zero-order chi connectivity index (χ0) is 16.5.